The number of carbonyl (C=O) groups excluding carboxylic acids is 1. The molecule has 23 heavy (non-hydrogen) atoms. The van der Waals surface area contributed by atoms with Gasteiger partial charge in [0.2, 0.25) is 5.91 Å². The van der Waals surface area contributed by atoms with E-state index in [2.05, 4.69) is 6.92 Å². The van der Waals surface area contributed by atoms with Crippen molar-refractivity contribution in [2.75, 3.05) is 13.2 Å². The van der Waals surface area contributed by atoms with Gasteiger partial charge in [0.15, 0.2) is 0 Å². The molecule has 1 fully saturated rings. The Hall–Kier alpha value is -2.04. The quantitative estimate of drug-likeness (QED) is 0.819. The van der Waals surface area contributed by atoms with Crippen LogP contribution in [0.5, 0.6) is 5.75 Å². The molecule has 1 aromatic carbocycles. The second-order valence-electron chi connectivity index (χ2n) is 6.26. The minimum atomic E-state index is -0.814. The average molecular weight is 319 g/mol. The molecule has 0 aromatic heterocycles. The van der Waals surface area contributed by atoms with Crippen molar-refractivity contribution >= 4 is 11.9 Å². The Bertz CT molecular complexity index is 584. The Morgan fingerprint density at radius 1 is 1.30 bits per heavy atom. The fourth-order valence-electron chi connectivity index (χ4n) is 2.98. The molecule has 0 aliphatic carbocycles. The summed E-state index contributed by atoms with van der Waals surface area (Å²) in [5, 5.41) is 9.11. The predicted molar refractivity (Wildman–Crippen MR) is 87.6 cm³/mol. The van der Waals surface area contributed by atoms with Crippen LogP contribution in [0.4, 0.5) is 0 Å². The Kier molecular flexibility index (Phi) is 5.64. The number of rotatable bonds is 6. The number of hydrogen-bond donors (Lipinski definition) is 1. The zero-order chi connectivity index (χ0) is 17.0. The van der Waals surface area contributed by atoms with Crippen LogP contribution in [0.25, 0.3) is 0 Å². The first-order chi connectivity index (χ1) is 10.9. The first-order valence-corrected chi connectivity index (χ1v) is 8.12. The minimum Gasteiger partial charge on any atom is -0.494 e. The average Bonchev–Trinajstić information content (AvgIpc) is 2.89. The largest absolute Gasteiger partial charge is 0.494 e. The second-order valence-corrected chi connectivity index (χ2v) is 6.26. The minimum absolute atomic E-state index is 0.0185. The summed E-state index contributed by atoms with van der Waals surface area (Å²) in [6, 6.07) is 5.73. The van der Waals surface area contributed by atoms with Crippen LogP contribution in [0.3, 0.4) is 0 Å². The fraction of sp³-hybridized carbons (Fsp3) is 0.556. The molecule has 1 aliphatic heterocycles. The van der Waals surface area contributed by atoms with E-state index in [9.17, 15) is 9.59 Å². The van der Waals surface area contributed by atoms with Gasteiger partial charge in [0, 0.05) is 19.0 Å². The summed E-state index contributed by atoms with van der Waals surface area (Å²) in [4.78, 5) is 25.0. The molecule has 0 saturated carbocycles. The van der Waals surface area contributed by atoms with Gasteiger partial charge in [-0.15, -0.1) is 0 Å². The lowest BCUT2D eigenvalue weighted by Crippen LogP contribution is -2.37. The predicted octanol–water partition coefficient (Wildman–Crippen LogP) is 2.78. The first-order valence-electron chi connectivity index (χ1n) is 8.12. The first kappa shape index (κ1) is 17.3. The maximum Gasteiger partial charge on any atom is 0.308 e. The zero-order valence-electron chi connectivity index (χ0n) is 14.0. The van der Waals surface area contributed by atoms with Crippen molar-refractivity contribution in [3.05, 3.63) is 29.3 Å². The third-order valence-corrected chi connectivity index (χ3v) is 4.67. The molecule has 5 heteroatoms. The Morgan fingerprint density at radius 3 is 2.65 bits per heavy atom. The molecule has 1 saturated heterocycles. The molecular formula is C18H25NO4. The molecule has 2 unspecified atom stereocenters. The van der Waals surface area contributed by atoms with E-state index >= 15 is 0 Å². The SMILES string of the molecule is Cc1ccc(OCCCC(=O)N2CCC(C(=O)O)C2C)cc1C. The fourth-order valence-corrected chi connectivity index (χ4v) is 2.98. The topological polar surface area (TPSA) is 66.8 Å². The van der Waals surface area contributed by atoms with E-state index in [0.29, 0.717) is 32.4 Å². The van der Waals surface area contributed by atoms with E-state index < -0.39 is 11.9 Å². The number of likely N-dealkylation sites (tertiary alicyclic amines) is 1. The van der Waals surface area contributed by atoms with Crippen molar-refractivity contribution in [3.63, 3.8) is 0 Å². The van der Waals surface area contributed by atoms with Crippen molar-refractivity contribution < 1.29 is 19.4 Å². The molecule has 2 atom stereocenters. The standard InChI is InChI=1S/C18H25NO4/c1-12-6-7-15(11-13(12)2)23-10-4-5-17(20)19-9-8-16(14(19)3)18(21)22/h6-7,11,14,16H,4-5,8-10H2,1-3H3,(H,21,22). The van der Waals surface area contributed by atoms with Gasteiger partial charge >= 0.3 is 5.97 Å². The lowest BCUT2D eigenvalue weighted by molar-refractivity contribution is -0.143. The Labute approximate surface area is 137 Å². The number of benzene rings is 1. The van der Waals surface area contributed by atoms with Crippen molar-refractivity contribution in [1.29, 1.82) is 0 Å². The van der Waals surface area contributed by atoms with Gasteiger partial charge in [-0.3, -0.25) is 9.59 Å². The lowest BCUT2D eigenvalue weighted by Gasteiger charge is -2.23. The van der Waals surface area contributed by atoms with Gasteiger partial charge in [-0.25, -0.2) is 0 Å². The van der Waals surface area contributed by atoms with Gasteiger partial charge in [-0.2, -0.15) is 0 Å². The number of aliphatic carboxylic acids is 1. The number of amides is 1. The van der Waals surface area contributed by atoms with Crippen LogP contribution in [-0.4, -0.2) is 41.1 Å². The highest BCUT2D eigenvalue weighted by molar-refractivity contribution is 5.79. The third-order valence-electron chi connectivity index (χ3n) is 4.67. The van der Waals surface area contributed by atoms with Crippen molar-refractivity contribution in [3.8, 4) is 5.75 Å². The van der Waals surface area contributed by atoms with Crippen LogP contribution in [0, 0.1) is 19.8 Å². The molecule has 1 aromatic rings. The van der Waals surface area contributed by atoms with Crippen LogP contribution >= 0.6 is 0 Å². The molecule has 2 rings (SSSR count). The van der Waals surface area contributed by atoms with Crippen LogP contribution in [0.15, 0.2) is 18.2 Å². The molecule has 126 valence electrons. The van der Waals surface area contributed by atoms with Gasteiger partial charge in [-0.1, -0.05) is 6.07 Å². The van der Waals surface area contributed by atoms with E-state index in [0.717, 1.165) is 5.75 Å². The molecule has 1 N–H and O–H groups in total. The molecule has 1 amide bonds. The van der Waals surface area contributed by atoms with E-state index in [4.69, 9.17) is 9.84 Å². The summed E-state index contributed by atoms with van der Waals surface area (Å²) in [6.07, 6.45) is 1.57. The van der Waals surface area contributed by atoms with Gasteiger partial charge in [0.25, 0.3) is 0 Å². The Balaban J connectivity index is 1.75. The van der Waals surface area contributed by atoms with E-state index in [1.165, 1.54) is 11.1 Å². The zero-order valence-corrected chi connectivity index (χ0v) is 14.0. The highest BCUT2D eigenvalue weighted by atomic mass is 16.5. The van der Waals surface area contributed by atoms with Gasteiger partial charge in [0.1, 0.15) is 5.75 Å². The van der Waals surface area contributed by atoms with Crippen molar-refractivity contribution in [2.24, 2.45) is 5.92 Å². The normalized spacial score (nSPS) is 20.6. The summed E-state index contributed by atoms with van der Waals surface area (Å²) in [6.45, 7) is 6.93. The maximum absolute atomic E-state index is 12.2. The molecule has 0 radical (unpaired) electrons. The summed E-state index contributed by atoms with van der Waals surface area (Å²) in [5.74, 6) is -0.414. The van der Waals surface area contributed by atoms with Crippen molar-refractivity contribution in [1.82, 2.24) is 4.90 Å². The van der Waals surface area contributed by atoms with Gasteiger partial charge < -0.3 is 14.7 Å². The summed E-state index contributed by atoms with van der Waals surface area (Å²) < 4.78 is 5.68. The number of carbonyl (C=O) groups is 2. The number of carboxylic acids is 1. The molecule has 0 spiro atoms. The highest BCUT2D eigenvalue weighted by Gasteiger charge is 2.37. The number of ether oxygens (including phenoxy) is 1. The van der Waals surface area contributed by atoms with E-state index in [-0.39, 0.29) is 11.9 Å². The summed E-state index contributed by atoms with van der Waals surface area (Å²) >= 11 is 0. The Morgan fingerprint density at radius 2 is 2.04 bits per heavy atom. The third kappa shape index (κ3) is 4.24. The number of carboxylic acid groups (broad SMARTS) is 1. The second kappa shape index (κ2) is 7.49. The van der Waals surface area contributed by atoms with Crippen LogP contribution in [0.2, 0.25) is 0 Å². The number of aryl methyl sites for hydroxylation is 2. The number of nitrogens with zero attached hydrogens (tertiary/aromatic N) is 1. The summed E-state index contributed by atoms with van der Waals surface area (Å²) in [7, 11) is 0. The molecule has 5 nitrogen and oxygen atoms in total. The van der Waals surface area contributed by atoms with Gasteiger partial charge in [0.05, 0.1) is 12.5 Å². The molecular weight excluding hydrogens is 294 g/mol. The van der Waals surface area contributed by atoms with Crippen LogP contribution in [0.1, 0.15) is 37.3 Å². The van der Waals surface area contributed by atoms with Crippen molar-refractivity contribution in [2.45, 2.75) is 46.1 Å². The summed E-state index contributed by atoms with van der Waals surface area (Å²) in [5.41, 5.74) is 2.41. The van der Waals surface area contributed by atoms with Crippen LogP contribution < -0.4 is 4.74 Å². The van der Waals surface area contributed by atoms with Crippen LogP contribution in [-0.2, 0) is 9.59 Å². The highest BCUT2D eigenvalue weighted by Crippen LogP contribution is 2.25. The molecule has 0 bridgehead atoms. The molecule has 1 aliphatic rings. The molecule has 1 heterocycles. The monoisotopic (exact) mass is 319 g/mol. The maximum atomic E-state index is 12.2. The van der Waals surface area contributed by atoms with E-state index in [1.807, 2.05) is 32.0 Å². The van der Waals surface area contributed by atoms with E-state index in [1.54, 1.807) is 4.90 Å². The smallest absolute Gasteiger partial charge is 0.308 e. The van der Waals surface area contributed by atoms with Gasteiger partial charge in [-0.05, 0) is 56.9 Å². The lowest BCUT2D eigenvalue weighted by atomic mass is 10.0. The number of hydrogen-bond acceptors (Lipinski definition) is 3.